The van der Waals surface area contributed by atoms with Crippen molar-refractivity contribution in [3.05, 3.63) is 33.8 Å². The fraction of sp³-hybridized carbons (Fsp3) is 0.462. The summed E-state index contributed by atoms with van der Waals surface area (Å²) in [6.45, 7) is 4.38. The summed E-state index contributed by atoms with van der Waals surface area (Å²) in [5.41, 5.74) is 6.73. The second-order valence-corrected chi connectivity index (χ2v) is 5.19. The molecule has 0 aromatic heterocycles. The van der Waals surface area contributed by atoms with Crippen LogP contribution in [0.4, 0.5) is 0 Å². The Kier molecular flexibility index (Phi) is 5.93. The van der Waals surface area contributed by atoms with Gasteiger partial charge in [0.1, 0.15) is 0 Å². The molecule has 1 aromatic rings. The topological polar surface area (TPSA) is 55.1 Å². The molecule has 0 aliphatic rings. The molecule has 100 valence electrons. The minimum atomic E-state index is -0.474. The summed E-state index contributed by atoms with van der Waals surface area (Å²) >= 11 is 11.7. The van der Waals surface area contributed by atoms with Crippen molar-refractivity contribution >= 4 is 29.1 Å². The minimum absolute atomic E-state index is 0.143. The van der Waals surface area contributed by atoms with Gasteiger partial charge in [0.25, 0.3) is 0 Å². The lowest BCUT2D eigenvalue weighted by Crippen LogP contribution is -2.44. The number of carbonyl (C=O) groups is 1. The van der Waals surface area contributed by atoms with E-state index < -0.39 is 6.04 Å². The van der Waals surface area contributed by atoms with Crippen molar-refractivity contribution in [1.29, 1.82) is 0 Å². The Hall–Kier alpha value is -0.770. The van der Waals surface area contributed by atoms with Gasteiger partial charge in [-0.15, -0.1) is 0 Å². The van der Waals surface area contributed by atoms with Gasteiger partial charge in [-0.25, -0.2) is 0 Å². The van der Waals surface area contributed by atoms with E-state index in [0.29, 0.717) is 16.6 Å². The fourth-order valence-electron chi connectivity index (χ4n) is 1.47. The van der Waals surface area contributed by atoms with Crippen molar-refractivity contribution in [2.45, 2.75) is 32.9 Å². The Balaban J connectivity index is 2.54. The lowest BCUT2D eigenvalue weighted by atomic mass is 9.99. The highest BCUT2D eigenvalue weighted by molar-refractivity contribution is 6.42. The van der Waals surface area contributed by atoms with Crippen LogP contribution >= 0.6 is 23.2 Å². The molecule has 0 bridgehead atoms. The number of hydrogen-bond acceptors (Lipinski definition) is 2. The van der Waals surface area contributed by atoms with Crippen molar-refractivity contribution in [1.82, 2.24) is 5.32 Å². The van der Waals surface area contributed by atoms with Gasteiger partial charge in [0.05, 0.1) is 16.1 Å². The number of nitrogens with two attached hydrogens (primary N) is 1. The van der Waals surface area contributed by atoms with Crippen LogP contribution in [0.1, 0.15) is 25.8 Å². The van der Waals surface area contributed by atoms with Gasteiger partial charge >= 0.3 is 0 Å². The molecule has 2 atom stereocenters. The van der Waals surface area contributed by atoms with Crippen molar-refractivity contribution in [3.8, 4) is 0 Å². The van der Waals surface area contributed by atoms with Crippen molar-refractivity contribution in [2.75, 3.05) is 0 Å². The third-order valence-electron chi connectivity index (χ3n) is 3.01. The number of hydrogen-bond donors (Lipinski definition) is 2. The predicted molar refractivity (Wildman–Crippen MR) is 75.7 cm³/mol. The molecule has 18 heavy (non-hydrogen) atoms. The number of halogens is 2. The van der Waals surface area contributed by atoms with Gasteiger partial charge in [-0.1, -0.05) is 49.5 Å². The number of amides is 1. The standard InChI is InChI=1S/C13H18Cl2N2O/c1-3-8(2)12(16)13(18)17-7-9-4-5-10(14)11(15)6-9/h4-6,8,12H,3,7,16H2,1-2H3,(H,17,18). The lowest BCUT2D eigenvalue weighted by Gasteiger charge is -2.17. The first-order chi connectivity index (χ1) is 8.45. The summed E-state index contributed by atoms with van der Waals surface area (Å²) in [6, 6.07) is 4.79. The number of nitrogens with one attached hydrogen (secondary N) is 1. The van der Waals surface area contributed by atoms with Gasteiger partial charge in [-0.2, -0.15) is 0 Å². The molecule has 1 rings (SSSR count). The number of rotatable bonds is 5. The average Bonchev–Trinajstić information content (AvgIpc) is 2.37. The molecular weight excluding hydrogens is 271 g/mol. The van der Waals surface area contributed by atoms with Crippen LogP contribution in [0.25, 0.3) is 0 Å². The largest absolute Gasteiger partial charge is 0.351 e. The van der Waals surface area contributed by atoms with Gasteiger partial charge < -0.3 is 11.1 Å². The minimum Gasteiger partial charge on any atom is -0.351 e. The molecule has 2 unspecified atom stereocenters. The second kappa shape index (κ2) is 6.98. The van der Waals surface area contributed by atoms with Gasteiger partial charge in [0.2, 0.25) is 5.91 Å². The van der Waals surface area contributed by atoms with Crippen LogP contribution in [-0.2, 0) is 11.3 Å². The molecule has 0 heterocycles. The first-order valence-corrected chi connectivity index (χ1v) is 6.68. The van der Waals surface area contributed by atoms with E-state index in [2.05, 4.69) is 5.32 Å². The van der Waals surface area contributed by atoms with E-state index in [9.17, 15) is 4.79 Å². The molecule has 5 heteroatoms. The molecule has 3 N–H and O–H groups in total. The van der Waals surface area contributed by atoms with Crippen molar-refractivity contribution in [3.63, 3.8) is 0 Å². The maximum Gasteiger partial charge on any atom is 0.237 e. The molecule has 1 amide bonds. The Bertz CT molecular complexity index is 423. The Morgan fingerprint density at radius 2 is 2.06 bits per heavy atom. The summed E-state index contributed by atoms with van der Waals surface area (Å²) < 4.78 is 0. The van der Waals surface area contributed by atoms with Gasteiger partial charge in [-0.05, 0) is 23.6 Å². The Morgan fingerprint density at radius 3 is 2.61 bits per heavy atom. The number of carbonyl (C=O) groups excluding carboxylic acids is 1. The van der Waals surface area contributed by atoms with Crippen molar-refractivity contribution < 1.29 is 4.79 Å². The summed E-state index contributed by atoms with van der Waals surface area (Å²) in [5.74, 6) is 0.0224. The van der Waals surface area contributed by atoms with E-state index >= 15 is 0 Å². The summed E-state index contributed by atoms with van der Waals surface area (Å²) in [7, 11) is 0. The molecule has 0 saturated heterocycles. The smallest absolute Gasteiger partial charge is 0.237 e. The third kappa shape index (κ3) is 4.16. The molecule has 0 saturated carbocycles. The zero-order valence-corrected chi connectivity index (χ0v) is 12.1. The quantitative estimate of drug-likeness (QED) is 0.875. The van der Waals surface area contributed by atoms with E-state index in [1.165, 1.54) is 0 Å². The van der Waals surface area contributed by atoms with Crippen LogP contribution in [0.15, 0.2) is 18.2 Å². The van der Waals surface area contributed by atoms with Gasteiger partial charge in [0.15, 0.2) is 0 Å². The van der Waals surface area contributed by atoms with E-state index in [1.54, 1.807) is 12.1 Å². The predicted octanol–water partition coefficient (Wildman–Crippen LogP) is 2.98. The maximum atomic E-state index is 11.8. The second-order valence-electron chi connectivity index (χ2n) is 4.38. The maximum absolute atomic E-state index is 11.8. The average molecular weight is 289 g/mol. The van der Waals surface area contributed by atoms with E-state index in [0.717, 1.165) is 12.0 Å². The highest BCUT2D eigenvalue weighted by Gasteiger charge is 2.18. The Labute approximate surface area is 118 Å². The van der Waals surface area contributed by atoms with E-state index in [-0.39, 0.29) is 11.8 Å². The van der Waals surface area contributed by atoms with Crippen LogP contribution in [0.3, 0.4) is 0 Å². The van der Waals surface area contributed by atoms with Crippen LogP contribution in [0.5, 0.6) is 0 Å². The van der Waals surface area contributed by atoms with Crippen molar-refractivity contribution in [2.24, 2.45) is 11.7 Å². The van der Waals surface area contributed by atoms with Gasteiger partial charge in [-0.3, -0.25) is 4.79 Å². The summed E-state index contributed by atoms with van der Waals surface area (Å²) in [6.07, 6.45) is 0.876. The van der Waals surface area contributed by atoms with Gasteiger partial charge in [0, 0.05) is 6.54 Å². The highest BCUT2D eigenvalue weighted by atomic mass is 35.5. The van der Waals surface area contributed by atoms with E-state index in [1.807, 2.05) is 19.9 Å². The fourth-order valence-corrected chi connectivity index (χ4v) is 1.79. The van der Waals surface area contributed by atoms with E-state index in [4.69, 9.17) is 28.9 Å². The zero-order chi connectivity index (χ0) is 13.7. The lowest BCUT2D eigenvalue weighted by molar-refractivity contribution is -0.123. The first-order valence-electron chi connectivity index (χ1n) is 5.93. The van der Waals surface area contributed by atoms with Crippen LogP contribution < -0.4 is 11.1 Å². The monoisotopic (exact) mass is 288 g/mol. The molecule has 1 aromatic carbocycles. The van der Waals surface area contributed by atoms with Crippen LogP contribution in [0, 0.1) is 5.92 Å². The molecular formula is C13H18Cl2N2O. The molecule has 0 aliphatic carbocycles. The summed E-state index contributed by atoms with van der Waals surface area (Å²) in [4.78, 5) is 11.8. The van der Waals surface area contributed by atoms with Crippen LogP contribution in [0.2, 0.25) is 10.0 Å². The summed E-state index contributed by atoms with van der Waals surface area (Å²) in [5, 5.41) is 3.78. The first kappa shape index (κ1) is 15.3. The molecule has 0 aliphatic heterocycles. The Morgan fingerprint density at radius 1 is 1.39 bits per heavy atom. The zero-order valence-electron chi connectivity index (χ0n) is 10.5. The number of benzene rings is 1. The van der Waals surface area contributed by atoms with Crippen LogP contribution in [-0.4, -0.2) is 11.9 Å². The highest BCUT2D eigenvalue weighted by Crippen LogP contribution is 2.22. The molecule has 0 fully saturated rings. The third-order valence-corrected chi connectivity index (χ3v) is 3.75. The normalized spacial score (nSPS) is 14.1. The SMILES string of the molecule is CCC(C)C(N)C(=O)NCc1ccc(Cl)c(Cl)c1. The molecule has 0 spiro atoms. The molecule has 0 radical (unpaired) electrons. The molecule has 3 nitrogen and oxygen atoms in total.